The highest BCUT2D eigenvalue weighted by atomic mass is 19.1. The number of hydrogen-bond donors (Lipinski definition) is 1. The highest BCUT2D eigenvalue weighted by molar-refractivity contribution is 6.62. The molecule has 1 fully saturated rings. The number of hydrogen-bond acceptors (Lipinski definition) is 4. The summed E-state index contributed by atoms with van der Waals surface area (Å²) in [5.41, 5.74) is -0.302. The monoisotopic (exact) mass is 405 g/mol. The Bertz CT molecular complexity index is 802. The van der Waals surface area contributed by atoms with Crippen molar-refractivity contribution in [3.63, 3.8) is 0 Å². The minimum atomic E-state index is -0.868. The van der Waals surface area contributed by atoms with Gasteiger partial charge in [0.2, 0.25) is 0 Å². The lowest BCUT2D eigenvalue weighted by Gasteiger charge is -2.47. The number of alkyl carbamates (subject to hydrolysis) is 1. The van der Waals surface area contributed by atoms with Crippen LogP contribution in [0.3, 0.4) is 0 Å². The Morgan fingerprint density at radius 2 is 1.76 bits per heavy atom. The Morgan fingerprint density at radius 1 is 1.17 bits per heavy atom. The van der Waals surface area contributed by atoms with E-state index in [1.54, 1.807) is 13.1 Å². The normalized spacial score (nSPS) is 25.5. The molecule has 1 aromatic carbocycles. The summed E-state index contributed by atoms with van der Waals surface area (Å²) >= 11 is 0. The number of fused-ring (bicyclic) bond motifs is 1. The van der Waals surface area contributed by atoms with Gasteiger partial charge >= 0.3 is 13.2 Å². The summed E-state index contributed by atoms with van der Waals surface area (Å²) in [6, 6.07) is 3.20. The van der Waals surface area contributed by atoms with Crippen LogP contribution < -0.4 is 10.8 Å². The number of ether oxygens (including phenoxy) is 1. The summed E-state index contributed by atoms with van der Waals surface area (Å²) in [7, 11) is 0.744. The van der Waals surface area contributed by atoms with Crippen LogP contribution in [0.5, 0.6) is 0 Å². The van der Waals surface area contributed by atoms with Crippen molar-refractivity contribution >= 4 is 18.7 Å². The largest absolute Gasteiger partial charge is 0.498 e. The molecule has 1 saturated heterocycles. The van der Waals surface area contributed by atoms with E-state index in [4.69, 9.17) is 14.0 Å². The zero-order valence-corrected chi connectivity index (χ0v) is 18.9. The molecule has 0 radical (unpaired) electrons. The van der Waals surface area contributed by atoms with Gasteiger partial charge in [-0.25, -0.2) is 9.18 Å². The SMILES string of the molecule is CNC(=O)OC1(C(C)(C)C)CCCc2c1ccc(F)c2B1OC(C)(C)C(C)(C)O1. The van der Waals surface area contributed by atoms with Crippen LogP contribution in [0.15, 0.2) is 12.1 Å². The fraction of sp³-hybridized carbons (Fsp3) is 0.682. The van der Waals surface area contributed by atoms with Gasteiger partial charge in [0, 0.05) is 17.9 Å². The molecule has 3 rings (SSSR count). The molecular formula is C22H33BFNO4. The number of rotatable bonds is 2. The molecule has 1 amide bonds. The Kier molecular flexibility index (Phi) is 5.32. The number of carbonyl (C=O) groups excluding carboxylic acids is 1. The van der Waals surface area contributed by atoms with Crippen LogP contribution in [0.2, 0.25) is 0 Å². The first kappa shape index (κ1) is 22.1. The molecule has 0 aromatic heterocycles. The van der Waals surface area contributed by atoms with Gasteiger partial charge in [-0.15, -0.1) is 0 Å². The van der Waals surface area contributed by atoms with Crippen molar-refractivity contribution in [3.05, 3.63) is 29.1 Å². The summed E-state index contributed by atoms with van der Waals surface area (Å²) in [6.45, 7) is 13.9. The maximum atomic E-state index is 15.1. The van der Waals surface area contributed by atoms with Crippen LogP contribution in [0.25, 0.3) is 0 Å². The van der Waals surface area contributed by atoms with E-state index in [-0.39, 0.29) is 11.2 Å². The van der Waals surface area contributed by atoms with Crippen LogP contribution in [0, 0.1) is 11.2 Å². The van der Waals surface area contributed by atoms with E-state index in [1.165, 1.54) is 6.07 Å². The van der Waals surface area contributed by atoms with E-state index < -0.39 is 30.0 Å². The van der Waals surface area contributed by atoms with Crippen molar-refractivity contribution in [2.24, 2.45) is 5.41 Å². The average Bonchev–Trinajstić information content (AvgIpc) is 2.80. The molecule has 7 heteroatoms. The summed E-state index contributed by atoms with van der Waals surface area (Å²) in [6.07, 6.45) is 1.64. The van der Waals surface area contributed by atoms with Gasteiger partial charge in [0.25, 0.3) is 0 Å². The number of halogens is 1. The van der Waals surface area contributed by atoms with Gasteiger partial charge in [0.1, 0.15) is 11.4 Å². The molecule has 1 aromatic rings. The molecular weight excluding hydrogens is 372 g/mol. The van der Waals surface area contributed by atoms with Gasteiger partial charge in [-0.2, -0.15) is 0 Å². The number of benzene rings is 1. The van der Waals surface area contributed by atoms with E-state index >= 15 is 4.39 Å². The molecule has 1 N–H and O–H groups in total. The molecule has 5 nitrogen and oxygen atoms in total. The van der Waals surface area contributed by atoms with Crippen LogP contribution >= 0.6 is 0 Å². The summed E-state index contributed by atoms with van der Waals surface area (Å²) < 4.78 is 33.5. The molecule has 1 unspecified atom stereocenters. The molecule has 0 bridgehead atoms. The quantitative estimate of drug-likeness (QED) is 0.755. The first-order valence-corrected chi connectivity index (χ1v) is 10.3. The van der Waals surface area contributed by atoms with Crippen molar-refractivity contribution in [2.75, 3.05) is 7.05 Å². The third-order valence-electron chi connectivity index (χ3n) is 6.87. The zero-order chi connectivity index (χ0) is 21.8. The topological polar surface area (TPSA) is 56.8 Å². The second-order valence-electron chi connectivity index (χ2n) is 10.1. The lowest BCUT2D eigenvalue weighted by atomic mass is 9.61. The maximum absolute atomic E-state index is 15.1. The minimum absolute atomic E-state index is 0.355. The first-order valence-electron chi connectivity index (χ1n) is 10.3. The molecule has 1 aliphatic heterocycles. The van der Waals surface area contributed by atoms with E-state index in [2.05, 4.69) is 5.32 Å². The fourth-order valence-electron chi connectivity index (χ4n) is 4.40. The van der Waals surface area contributed by atoms with Crippen molar-refractivity contribution < 1.29 is 23.2 Å². The molecule has 2 aliphatic rings. The second-order valence-corrected chi connectivity index (χ2v) is 10.1. The fourth-order valence-corrected chi connectivity index (χ4v) is 4.40. The first-order chi connectivity index (χ1) is 13.3. The molecule has 0 spiro atoms. The molecule has 1 aliphatic carbocycles. The number of carbonyl (C=O) groups is 1. The van der Waals surface area contributed by atoms with Crippen LogP contribution in [0.4, 0.5) is 9.18 Å². The average molecular weight is 405 g/mol. The number of nitrogens with one attached hydrogen (secondary N) is 1. The van der Waals surface area contributed by atoms with E-state index in [9.17, 15) is 4.79 Å². The third kappa shape index (κ3) is 3.46. The van der Waals surface area contributed by atoms with Gasteiger partial charge in [0.05, 0.1) is 11.2 Å². The smallest absolute Gasteiger partial charge is 0.437 e. The Hall–Kier alpha value is -1.60. The van der Waals surface area contributed by atoms with Gasteiger partial charge in [-0.1, -0.05) is 26.8 Å². The van der Waals surface area contributed by atoms with Gasteiger partial charge in [-0.3, -0.25) is 0 Å². The molecule has 29 heavy (non-hydrogen) atoms. The van der Waals surface area contributed by atoms with Gasteiger partial charge in [-0.05, 0) is 64.2 Å². The second kappa shape index (κ2) is 6.98. The zero-order valence-electron chi connectivity index (χ0n) is 18.9. The standard InChI is InChI=1S/C22H33BFNO4/c1-19(2,3)22(27-18(26)25-8)13-9-10-14-15(22)11-12-16(24)17(14)23-28-20(4,5)21(6,7)29-23/h11-12H,9-10,13H2,1-8H3,(H,25,26). The summed E-state index contributed by atoms with van der Waals surface area (Å²) in [5, 5.41) is 2.56. The van der Waals surface area contributed by atoms with Crippen molar-refractivity contribution in [1.29, 1.82) is 0 Å². The molecule has 0 saturated carbocycles. The molecule has 1 heterocycles. The van der Waals surface area contributed by atoms with Gasteiger partial charge < -0.3 is 19.4 Å². The predicted octanol–water partition coefficient (Wildman–Crippen LogP) is 4.06. The highest BCUT2D eigenvalue weighted by Crippen LogP contribution is 2.50. The van der Waals surface area contributed by atoms with E-state index in [0.717, 1.165) is 17.5 Å². The Labute approximate surface area is 173 Å². The summed E-state index contributed by atoms with van der Waals surface area (Å²) in [5.74, 6) is -0.355. The lowest BCUT2D eigenvalue weighted by molar-refractivity contribution is -0.0855. The Morgan fingerprint density at radius 3 is 2.28 bits per heavy atom. The van der Waals surface area contributed by atoms with E-state index in [1.807, 2.05) is 48.5 Å². The van der Waals surface area contributed by atoms with Crippen molar-refractivity contribution in [3.8, 4) is 0 Å². The van der Waals surface area contributed by atoms with Crippen molar-refractivity contribution in [1.82, 2.24) is 5.32 Å². The summed E-state index contributed by atoms with van der Waals surface area (Å²) in [4.78, 5) is 12.3. The third-order valence-corrected chi connectivity index (χ3v) is 6.87. The molecule has 1 atom stereocenters. The van der Waals surface area contributed by atoms with E-state index in [0.29, 0.717) is 18.3 Å². The number of amides is 1. The predicted molar refractivity (Wildman–Crippen MR) is 112 cm³/mol. The van der Waals surface area contributed by atoms with Crippen LogP contribution in [-0.4, -0.2) is 31.5 Å². The van der Waals surface area contributed by atoms with Gasteiger partial charge in [0.15, 0.2) is 0 Å². The maximum Gasteiger partial charge on any atom is 0.498 e. The molecule has 160 valence electrons. The Balaban J connectivity index is 2.18. The minimum Gasteiger partial charge on any atom is -0.437 e. The van der Waals surface area contributed by atoms with Crippen molar-refractivity contribution in [2.45, 2.75) is 84.5 Å². The lowest BCUT2D eigenvalue weighted by Crippen LogP contribution is -2.51. The van der Waals surface area contributed by atoms with Crippen LogP contribution in [-0.2, 0) is 26.1 Å². The van der Waals surface area contributed by atoms with Crippen LogP contribution in [0.1, 0.15) is 72.4 Å². The highest BCUT2D eigenvalue weighted by Gasteiger charge is 2.55.